The standard InChI is InChI=1S/C30H42N2O7S/c1-9-18-29(4,5)38-20-19-30(6,7)39-25-12-10-23(11-13-25)21-32(27(22(2)3)28(33)31-34)40(35,36)26-16-14-24(37-8)15-17-26/h1,10-17,22,27,34H,18-21H2,2-8H3,(H,31,33)/t27-/m1/s1. The first-order valence-electron chi connectivity index (χ1n) is 13.1. The number of ether oxygens (including phenoxy) is 3. The Hall–Kier alpha value is -3.10. The molecule has 0 bridgehead atoms. The number of hydroxylamine groups is 1. The van der Waals surface area contributed by atoms with E-state index in [9.17, 15) is 18.4 Å². The molecule has 2 aromatic carbocycles. The second-order valence-corrected chi connectivity index (χ2v) is 13.0. The van der Waals surface area contributed by atoms with E-state index < -0.39 is 39.1 Å². The van der Waals surface area contributed by atoms with Gasteiger partial charge in [-0.15, -0.1) is 12.3 Å². The molecule has 9 nitrogen and oxygen atoms in total. The summed E-state index contributed by atoms with van der Waals surface area (Å²) in [6.45, 7) is 11.6. The SMILES string of the molecule is C#CCC(C)(C)OCCC(C)(C)Oc1ccc(CN([C@@H](C(=O)NO)C(C)C)S(=O)(=O)c2ccc(OC)cc2)cc1. The van der Waals surface area contributed by atoms with E-state index in [2.05, 4.69) is 5.92 Å². The van der Waals surface area contributed by atoms with E-state index in [1.807, 2.05) is 27.7 Å². The Morgan fingerprint density at radius 1 is 1.02 bits per heavy atom. The number of amides is 1. The first kappa shape index (κ1) is 33.1. The number of hydrogen-bond acceptors (Lipinski definition) is 7. The van der Waals surface area contributed by atoms with Crippen molar-refractivity contribution >= 4 is 15.9 Å². The van der Waals surface area contributed by atoms with Gasteiger partial charge in [0.15, 0.2) is 0 Å². The highest BCUT2D eigenvalue weighted by molar-refractivity contribution is 7.89. The molecule has 0 heterocycles. The summed E-state index contributed by atoms with van der Waals surface area (Å²) in [5, 5.41) is 9.38. The lowest BCUT2D eigenvalue weighted by Gasteiger charge is -2.32. The number of nitrogens with zero attached hydrogens (tertiary/aromatic N) is 1. The summed E-state index contributed by atoms with van der Waals surface area (Å²) in [6, 6.07) is 11.8. The zero-order valence-corrected chi connectivity index (χ0v) is 25.2. The molecule has 0 aliphatic carbocycles. The van der Waals surface area contributed by atoms with Crippen molar-refractivity contribution in [2.45, 2.75) is 83.1 Å². The highest BCUT2D eigenvalue weighted by Gasteiger charge is 2.38. The summed E-state index contributed by atoms with van der Waals surface area (Å²) < 4.78 is 45.8. The van der Waals surface area contributed by atoms with Gasteiger partial charge in [-0.1, -0.05) is 26.0 Å². The van der Waals surface area contributed by atoms with Crippen molar-refractivity contribution in [3.63, 3.8) is 0 Å². The average molecular weight is 575 g/mol. The van der Waals surface area contributed by atoms with Gasteiger partial charge in [0, 0.05) is 19.4 Å². The van der Waals surface area contributed by atoms with Crippen molar-refractivity contribution in [1.82, 2.24) is 9.79 Å². The van der Waals surface area contributed by atoms with Gasteiger partial charge in [0.2, 0.25) is 10.0 Å². The average Bonchev–Trinajstić information content (AvgIpc) is 2.88. The monoisotopic (exact) mass is 574 g/mol. The number of methoxy groups -OCH3 is 1. The highest BCUT2D eigenvalue weighted by Crippen LogP contribution is 2.28. The molecule has 0 unspecified atom stereocenters. The maximum absolute atomic E-state index is 13.7. The molecule has 2 aromatic rings. The minimum atomic E-state index is -4.14. The fourth-order valence-electron chi connectivity index (χ4n) is 4.13. The van der Waals surface area contributed by atoms with Crippen LogP contribution in [0.15, 0.2) is 53.4 Å². The summed E-state index contributed by atoms with van der Waals surface area (Å²) >= 11 is 0. The molecule has 2 rings (SSSR count). The Balaban J connectivity index is 2.27. The van der Waals surface area contributed by atoms with E-state index in [0.717, 1.165) is 4.31 Å². The van der Waals surface area contributed by atoms with Crippen LogP contribution in [-0.4, -0.2) is 54.8 Å². The van der Waals surface area contributed by atoms with E-state index in [0.29, 0.717) is 36.5 Å². The fourth-order valence-corrected chi connectivity index (χ4v) is 5.84. The number of carbonyl (C=O) groups excluding carboxylic acids is 1. The minimum Gasteiger partial charge on any atom is -0.497 e. The van der Waals surface area contributed by atoms with Gasteiger partial charge in [0.05, 0.1) is 24.2 Å². The normalized spacial score (nSPS) is 13.1. The Labute approximate surface area is 238 Å². The van der Waals surface area contributed by atoms with Crippen molar-refractivity contribution < 1.29 is 32.6 Å². The van der Waals surface area contributed by atoms with Crippen LogP contribution in [0.4, 0.5) is 0 Å². The molecule has 0 radical (unpaired) electrons. The zero-order valence-electron chi connectivity index (χ0n) is 24.4. The van der Waals surface area contributed by atoms with Gasteiger partial charge < -0.3 is 14.2 Å². The van der Waals surface area contributed by atoms with Crippen molar-refractivity contribution in [2.24, 2.45) is 5.92 Å². The van der Waals surface area contributed by atoms with E-state index in [-0.39, 0.29) is 11.4 Å². The van der Waals surface area contributed by atoms with Gasteiger partial charge in [0.1, 0.15) is 23.1 Å². The highest BCUT2D eigenvalue weighted by atomic mass is 32.2. The number of terminal acetylenes is 1. The van der Waals surface area contributed by atoms with Crippen LogP contribution in [0.25, 0.3) is 0 Å². The quantitative estimate of drug-likeness (QED) is 0.179. The third-order valence-corrected chi connectivity index (χ3v) is 8.21. The van der Waals surface area contributed by atoms with Crippen LogP contribution in [0.2, 0.25) is 0 Å². The van der Waals surface area contributed by atoms with E-state index in [4.69, 9.17) is 20.6 Å². The fraction of sp³-hybridized carbons (Fsp3) is 0.500. The summed E-state index contributed by atoms with van der Waals surface area (Å²) in [5.74, 6) is 2.48. The molecule has 40 heavy (non-hydrogen) atoms. The predicted molar refractivity (Wildman–Crippen MR) is 154 cm³/mol. The minimum absolute atomic E-state index is 0.000895. The smallest absolute Gasteiger partial charge is 0.262 e. The number of hydrogen-bond donors (Lipinski definition) is 2. The molecule has 0 aromatic heterocycles. The molecular formula is C30H42N2O7S. The molecule has 0 saturated heterocycles. The first-order valence-corrected chi connectivity index (χ1v) is 14.5. The number of carbonyl (C=O) groups is 1. The number of sulfonamides is 1. The van der Waals surface area contributed by atoms with Crippen LogP contribution >= 0.6 is 0 Å². The van der Waals surface area contributed by atoms with Gasteiger partial charge in [-0.25, -0.2) is 13.9 Å². The summed E-state index contributed by atoms with van der Waals surface area (Å²) in [6.07, 6.45) is 6.55. The molecule has 0 aliphatic rings. The second-order valence-electron chi connectivity index (χ2n) is 11.1. The van der Waals surface area contributed by atoms with Crippen LogP contribution in [0.1, 0.15) is 59.9 Å². The molecule has 0 fully saturated rings. The third-order valence-electron chi connectivity index (χ3n) is 6.37. The van der Waals surface area contributed by atoms with Crippen molar-refractivity contribution in [2.75, 3.05) is 13.7 Å². The van der Waals surface area contributed by atoms with Crippen molar-refractivity contribution in [3.05, 3.63) is 54.1 Å². The Bertz CT molecular complexity index is 1250. The molecule has 1 atom stereocenters. The lowest BCUT2D eigenvalue weighted by Crippen LogP contribution is -2.51. The van der Waals surface area contributed by atoms with Crippen molar-refractivity contribution in [1.29, 1.82) is 0 Å². The zero-order chi connectivity index (χ0) is 30.1. The summed E-state index contributed by atoms with van der Waals surface area (Å²) in [7, 11) is -2.65. The predicted octanol–water partition coefficient (Wildman–Crippen LogP) is 4.78. The summed E-state index contributed by atoms with van der Waals surface area (Å²) in [4.78, 5) is 12.6. The molecule has 220 valence electrons. The van der Waals surface area contributed by atoms with E-state index >= 15 is 0 Å². The largest absolute Gasteiger partial charge is 0.497 e. The molecule has 2 N–H and O–H groups in total. The topological polar surface area (TPSA) is 114 Å². The Morgan fingerprint density at radius 2 is 1.60 bits per heavy atom. The molecule has 1 amide bonds. The van der Waals surface area contributed by atoms with Crippen LogP contribution in [0.3, 0.4) is 0 Å². The first-order chi connectivity index (χ1) is 18.7. The van der Waals surface area contributed by atoms with Crippen LogP contribution in [0, 0.1) is 18.3 Å². The van der Waals surface area contributed by atoms with Gasteiger partial charge in [-0.05, 0) is 75.6 Å². The van der Waals surface area contributed by atoms with Crippen molar-refractivity contribution in [3.8, 4) is 23.8 Å². The third kappa shape index (κ3) is 9.24. The molecule has 0 aliphatic heterocycles. The Kier molecular flexibility index (Phi) is 11.6. The molecular weight excluding hydrogens is 532 g/mol. The maximum Gasteiger partial charge on any atom is 0.262 e. The molecule has 0 saturated carbocycles. The second kappa shape index (κ2) is 14.0. The lowest BCUT2D eigenvalue weighted by molar-refractivity contribution is -0.134. The van der Waals surface area contributed by atoms with Gasteiger partial charge >= 0.3 is 0 Å². The number of benzene rings is 2. The number of rotatable bonds is 15. The van der Waals surface area contributed by atoms with Crippen LogP contribution in [-0.2, 0) is 26.1 Å². The van der Waals surface area contributed by atoms with Gasteiger partial charge in [0.25, 0.3) is 5.91 Å². The molecule has 10 heteroatoms. The van der Waals surface area contributed by atoms with Crippen LogP contribution in [0.5, 0.6) is 11.5 Å². The van der Waals surface area contributed by atoms with Gasteiger partial charge in [-0.2, -0.15) is 4.31 Å². The molecule has 0 spiro atoms. The van der Waals surface area contributed by atoms with Gasteiger partial charge in [-0.3, -0.25) is 10.0 Å². The maximum atomic E-state index is 13.7. The Morgan fingerprint density at radius 3 is 2.10 bits per heavy atom. The van der Waals surface area contributed by atoms with E-state index in [1.54, 1.807) is 43.6 Å². The number of nitrogens with one attached hydrogen (secondary N) is 1. The lowest BCUT2D eigenvalue weighted by atomic mass is 10.0. The summed E-state index contributed by atoms with van der Waals surface area (Å²) in [5.41, 5.74) is 1.31. The van der Waals surface area contributed by atoms with E-state index in [1.165, 1.54) is 31.4 Å². The van der Waals surface area contributed by atoms with Crippen LogP contribution < -0.4 is 15.0 Å².